The van der Waals surface area contributed by atoms with E-state index in [9.17, 15) is 9.59 Å². The molecule has 0 aliphatic rings. The Balaban J connectivity index is 2.33. The summed E-state index contributed by atoms with van der Waals surface area (Å²) < 4.78 is 4.83. The van der Waals surface area contributed by atoms with E-state index in [1.54, 1.807) is 0 Å². The van der Waals surface area contributed by atoms with E-state index in [-0.39, 0.29) is 6.42 Å². The molecule has 2 aromatic carbocycles. The quantitative estimate of drug-likeness (QED) is 0.855. The van der Waals surface area contributed by atoms with Gasteiger partial charge < -0.3 is 9.84 Å². The maximum atomic E-state index is 11.1. The lowest BCUT2D eigenvalue weighted by atomic mass is 10.00. The number of carbonyl (C=O) groups is 2. The molecule has 0 heterocycles. The largest absolute Gasteiger partial charge is 0.478 e. The van der Waals surface area contributed by atoms with Crippen molar-refractivity contribution >= 4 is 22.7 Å². The highest BCUT2D eigenvalue weighted by atomic mass is 16.6. The third kappa shape index (κ3) is 3.10. The van der Waals surface area contributed by atoms with Gasteiger partial charge in [0.05, 0.1) is 0 Å². The van der Waals surface area contributed by atoms with E-state index >= 15 is 0 Å². The molecule has 0 amide bonds. The molecule has 19 heavy (non-hydrogen) atoms. The predicted molar refractivity (Wildman–Crippen MR) is 70.8 cm³/mol. The molecular weight excluding hydrogens is 244 g/mol. The van der Waals surface area contributed by atoms with Gasteiger partial charge >= 0.3 is 11.9 Å². The average Bonchev–Trinajstić information content (AvgIpc) is 2.37. The minimum Gasteiger partial charge on any atom is -0.478 e. The van der Waals surface area contributed by atoms with Crippen LogP contribution in [-0.4, -0.2) is 23.1 Å². The smallest absolute Gasteiger partial charge is 0.345 e. The highest BCUT2D eigenvalue weighted by Gasteiger charge is 2.21. The number of rotatable bonds is 4. The Morgan fingerprint density at radius 1 is 1.16 bits per heavy atom. The summed E-state index contributed by atoms with van der Waals surface area (Å²) in [5.74, 6) is -1.73. The van der Waals surface area contributed by atoms with E-state index in [4.69, 9.17) is 9.84 Å². The molecule has 0 spiro atoms. The zero-order valence-corrected chi connectivity index (χ0v) is 10.5. The van der Waals surface area contributed by atoms with Crippen LogP contribution in [0, 0.1) is 0 Å². The molecule has 2 aromatic rings. The molecule has 2 rings (SSSR count). The fourth-order valence-corrected chi connectivity index (χ4v) is 2.05. The van der Waals surface area contributed by atoms with Gasteiger partial charge in [0.2, 0.25) is 6.10 Å². The average molecular weight is 258 g/mol. The molecule has 4 heteroatoms. The number of aliphatic carboxylic acids is 1. The summed E-state index contributed by atoms with van der Waals surface area (Å²) in [6, 6.07) is 13.4. The van der Waals surface area contributed by atoms with Gasteiger partial charge in [-0.2, -0.15) is 0 Å². The lowest BCUT2D eigenvalue weighted by Crippen LogP contribution is -2.28. The highest BCUT2D eigenvalue weighted by molar-refractivity contribution is 5.86. The van der Waals surface area contributed by atoms with Crippen molar-refractivity contribution in [2.45, 2.75) is 19.4 Å². The molecule has 0 aliphatic carbocycles. The van der Waals surface area contributed by atoms with Crippen molar-refractivity contribution < 1.29 is 19.4 Å². The number of benzene rings is 2. The highest BCUT2D eigenvalue weighted by Crippen LogP contribution is 2.20. The Bertz CT molecular complexity index is 613. The number of ether oxygens (including phenoxy) is 1. The van der Waals surface area contributed by atoms with Crippen molar-refractivity contribution in [3.63, 3.8) is 0 Å². The van der Waals surface area contributed by atoms with E-state index in [0.717, 1.165) is 16.3 Å². The monoisotopic (exact) mass is 258 g/mol. The second-order valence-corrected chi connectivity index (χ2v) is 4.28. The number of hydrogen-bond donors (Lipinski definition) is 1. The maximum absolute atomic E-state index is 11.1. The Morgan fingerprint density at radius 3 is 2.53 bits per heavy atom. The number of esters is 1. The zero-order chi connectivity index (χ0) is 13.8. The molecule has 0 bridgehead atoms. The van der Waals surface area contributed by atoms with Gasteiger partial charge in [-0.15, -0.1) is 0 Å². The van der Waals surface area contributed by atoms with Crippen molar-refractivity contribution in [2.75, 3.05) is 0 Å². The van der Waals surface area contributed by atoms with E-state index in [0.29, 0.717) is 0 Å². The van der Waals surface area contributed by atoms with Gasteiger partial charge in [0, 0.05) is 13.3 Å². The van der Waals surface area contributed by atoms with Crippen LogP contribution in [0.3, 0.4) is 0 Å². The summed E-state index contributed by atoms with van der Waals surface area (Å²) in [5.41, 5.74) is 0.853. The van der Waals surface area contributed by atoms with E-state index < -0.39 is 18.0 Å². The summed E-state index contributed by atoms with van der Waals surface area (Å²) in [5, 5.41) is 11.1. The summed E-state index contributed by atoms with van der Waals surface area (Å²) in [6.45, 7) is 1.21. The second-order valence-electron chi connectivity index (χ2n) is 4.28. The van der Waals surface area contributed by atoms with Crippen molar-refractivity contribution in [2.24, 2.45) is 0 Å². The van der Waals surface area contributed by atoms with Gasteiger partial charge in [-0.25, -0.2) is 4.79 Å². The van der Waals surface area contributed by atoms with Crippen LogP contribution in [0.25, 0.3) is 10.8 Å². The lowest BCUT2D eigenvalue weighted by molar-refractivity contribution is -0.162. The van der Waals surface area contributed by atoms with Crippen molar-refractivity contribution in [3.8, 4) is 0 Å². The first-order valence-corrected chi connectivity index (χ1v) is 5.94. The third-order valence-corrected chi connectivity index (χ3v) is 2.87. The third-order valence-electron chi connectivity index (χ3n) is 2.87. The maximum Gasteiger partial charge on any atom is 0.345 e. The van der Waals surface area contributed by atoms with Gasteiger partial charge in [0.15, 0.2) is 0 Å². The molecule has 0 unspecified atom stereocenters. The molecule has 0 aromatic heterocycles. The van der Waals surface area contributed by atoms with Crippen LogP contribution in [0.1, 0.15) is 12.5 Å². The van der Waals surface area contributed by atoms with E-state index in [2.05, 4.69) is 0 Å². The van der Waals surface area contributed by atoms with Crippen LogP contribution < -0.4 is 0 Å². The van der Waals surface area contributed by atoms with Crippen molar-refractivity contribution in [1.82, 2.24) is 0 Å². The Hall–Kier alpha value is -2.36. The Kier molecular flexibility index (Phi) is 3.80. The minimum atomic E-state index is -1.15. The summed E-state index contributed by atoms with van der Waals surface area (Å²) in [4.78, 5) is 22.0. The fraction of sp³-hybridized carbons (Fsp3) is 0.200. The van der Waals surface area contributed by atoms with E-state index in [1.807, 2.05) is 42.5 Å². The van der Waals surface area contributed by atoms with Crippen LogP contribution in [0.15, 0.2) is 42.5 Å². The first-order chi connectivity index (χ1) is 9.08. The number of carboxylic acids is 1. The molecule has 0 radical (unpaired) electrons. The minimum absolute atomic E-state index is 0.163. The Labute approximate surface area is 110 Å². The van der Waals surface area contributed by atoms with Crippen molar-refractivity contribution in [3.05, 3.63) is 48.0 Å². The van der Waals surface area contributed by atoms with Gasteiger partial charge in [-0.05, 0) is 16.3 Å². The molecular formula is C15H14O4. The van der Waals surface area contributed by atoms with Crippen LogP contribution in [-0.2, 0) is 20.7 Å². The standard InChI is InChI=1S/C15H14O4/c1-10(16)19-14(15(17)18)9-12-7-4-6-11-5-2-3-8-13(11)12/h2-8,14H,9H2,1H3,(H,17,18)/t14-/m1/s1. The molecule has 0 fully saturated rings. The molecule has 0 saturated heterocycles. The molecule has 0 aliphatic heterocycles. The molecule has 98 valence electrons. The summed E-state index contributed by atoms with van der Waals surface area (Å²) in [7, 11) is 0. The molecule has 1 N–H and O–H groups in total. The summed E-state index contributed by atoms with van der Waals surface area (Å²) in [6.07, 6.45) is -0.987. The first-order valence-electron chi connectivity index (χ1n) is 5.94. The normalized spacial score (nSPS) is 12.1. The van der Waals surface area contributed by atoms with E-state index in [1.165, 1.54) is 6.92 Å². The fourth-order valence-electron chi connectivity index (χ4n) is 2.05. The lowest BCUT2D eigenvalue weighted by Gasteiger charge is -2.14. The second kappa shape index (κ2) is 5.52. The van der Waals surface area contributed by atoms with Gasteiger partial charge in [-0.1, -0.05) is 42.5 Å². The number of carboxylic acid groups (broad SMARTS) is 1. The van der Waals surface area contributed by atoms with Crippen LogP contribution >= 0.6 is 0 Å². The van der Waals surface area contributed by atoms with Crippen LogP contribution in [0.5, 0.6) is 0 Å². The van der Waals surface area contributed by atoms with Gasteiger partial charge in [0.1, 0.15) is 0 Å². The van der Waals surface area contributed by atoms with Crippen molar-refractivity contribution in [1.29, 1.82) is 0 Å². The predicted octanol–water partition coefficient (Wildman–Crippen LogP) is 2.40. The molecule has 1 atom stereocenters. The van der Waals surface area contributed by atoms with Crippen LogP contribution in [0.2, 0.25) is 0 Å². The number of hydrogen-bond acceptors (Lipinski definition) is 3. The molecule has 4 nitrogen and oxygen atoms in total. The Morgan fingerprint density at radius 2 is 1.84 bits per heavy atom. The van der Waals surface area contributed by atoms with Gasteiger partial charge in [-0.3, -0.25) is 4.79 Å². The topological polar surface area (TPSA) is 63.6 Å². The number of fused-ring (bicyclic) bond motifs is 1. The number of carbonyl (C=O) groups excluding carboxylic acids is 1. The molecule has 0 saturated carbocycles. The zero-order valence-electron chi connectivity index (χ0n) is 10.5. The first kappa shape index (κ1) is 13.1. The summed E-state index contributed by atoms with van der Waals surface area (Å²) >= 11 is 0. The van der Waals surface area contributed by atoms with Gasteiger partial charge in [0.25, 0.3) is 0 Å². The van der Waals surface area contributed by atoms with Crippen LogP contribution in [0.4, 0.5) is 0 Å². The SMILES string of the molecule is CC(=O)O[C@H](Cc1cccc2ccccc12)C(=O)O.